The van der Waals surface area contributed by atoms with E-state index in [-0.39, 0.29) is 34.0 Å². The standard InChI is InChI=1S/C42H61ClN4O4S/c1-11-14-15-16-24-52-36-27-44-28-47(36)37(38(49)40(4,5)6)39(50)46-33-26-30(20-21-32(33)43)45-35(48)18-17-23-51-34-22-19-29(41(7,8)12-2)25-31(34)42(9,10)13-3/h19-22,25-28,37H,11-18,23-24H2,1-10H3,(H,45,48)(H,46,50). The lowest BCUT2D eigenvalue weighted by Gasteiger charge is -2.30. The summed E-state index contributed by atoms with van der Waals surface area (Å²) in [5, 5.41) is 6.83. The second-order valence-electron chi connectivity index (χ2n) is 15.9. The fourth-order valence-corrected chi connectivity index (χ4v) is 6.78. The molecule has 1 heterocycles. The molecule has 1 aromatic heterocycles. The van der Waals surface area contributed by atoms with Crippen molar-refractivity contribution in [2.24, 2.45) is 5.41 Å². The Hall–Kier alpha value is -3.30. The smallest absolute Gasteiger partial charge is 0.255 e. The molecule has 0 aliphatic carbocycles. The van der Waals surface area contributed by atoms with Gasteiger partial charge in [0, 0.05) is 23.1 Å². The summed E-state index contributed by atoms with van der Waals surface area (Å²) in [6.07, 6.45) is 10.5. The summed E-state index contributed by atoms with van der Waals surface area (Å²) in [5.41, 5.74) is 2.49. The van der Waals surface area contributed by atoms with Gasteiger partial charge in [0.05, 0.1) is 34.9 Å². The van der Waals surface area contributed by atoms with Crippen LogP contribution in [0.15, 0.2) is 53.9 Å². The number of imidazole rings is 1. The summed E-state index contributed by atoms with van der Waals surface area (Å²) in [5.74, 6) is 0.774. The minimum atomic E-state index is -1.15. The molecule has 0 bridgehead atoms. The molecular weight excluding hydrogens is 692 g/mol. The van der Waals surface area contributed by atoms with Crippen LogP contribution in [0.4, 0.5) is 11.4 Å². The average Bonchev–Trinajstić information content (AvgIpc) is 3.55. The molecule has 2 aromatic carbocycles. The van der Waals surface area contributed by atoms with Crippen LogP contribution in [0.5, 0.6) is 5.75 Å². The SMILES string of the molecule is CCCCCCSc1cncn1C(C(=O)Nc1cc(NC(=O)CCCOc2ccc(C(C)(C)CC)cc2C(C)(C)CC)ccc1Cl)C(=O)C(C)(C)C. The van der Waals surface area contributed by atoms with Crippen molar-refractivity contribution >= 4 is 52.3 Å². The van der Waals surface area contributed by atoms with Crippen LogP contribution >= 0.6 is 23.4 Å². The molecule has 52 heavy (non-hydrogen) atoms. The number of Topliss-reactive ketones (excluding diaryl/α,β-unsaturated/α-hetero) is 1. The topological polar surface area (TPSA) is 102 Å². The third-order valence-electron chi connectivity index (χ3n) is 9.96. The third-order valence-corrected chi connectivity index (χ3v) is 11.4. The van der Waals surface area contributed by atoms with Gasteiger partial charge >= 0.3 is 0 Å². The van der Waals surface area contributed by atoms with E-state index in [1.165, 1.54) is 23.9 Å². The number of halogens is 1. The Bertz CT molecular complexity index is 1660. The summed E-state index contributed by atoms with van der Waals surface area (Å²) in [4.78, 5) is 44.9. The normalized spacial score (nSPS) is 12.8. The first-order valence-electron chi connectivity index (χ1n) is 18.8. The van der Waals surface area contributed by atoms with E-state index in [0.29, 0.717) is 24.4 Å². The number of carbonyl (C=O) groups is 3. The molecule has 2 N–H and O–H groups in total. The van der Waals surface area contributed by atoms with E-state index < -0.39 is 17.4 Å². The van der Waals surface area contributed by atoms with Gasteiger partial charge in [-0.1, -0.05) is 112 Å². The first kappa shape index (κ1) is 43.1. The number of hydrogen-bond acceptors (Lipinski definition) is 6. The molecule has 0 saturated carbocycles. The average molecular weight is 753 g/mol. The quantitative estimate of drug-likeness (QED) is 0.0677. The first-order chi connectivity index (χ1) is 24.4. The Morgan fingerprint density at radius 3 is 2.25 bits per heavy atom. The van der Waals surface area contributed by atoms with Gasteiger partial charge in [-0.15, -0.1) is 11.8 Å². The van der Waals surface area contributed by atoms with Crippen molar-refractivity contribution in [3.8, 4) is 5.75 Å². The number of hydrogen-bond donors (Lipinski definition) is 2. The first-order valence-corrected chi connectivity index (χ1v) is 20.2. The van der Waals surface area contributed by atoms with E-state index in [0.717, 1.165) is 48.6 Å². The van der Waals surface area contributed by atoms with Crippen LogP contribution in [-0.4, -0.2) is 39.5 Å². The number of anilines is 2. The van der Waals surface area contributed by atoms with Crippen LogP contribution in [0.3, 0.4) is 0 Å². The lowest BCUT2D eigenvalue weighted by molar-refractivity contribution is -0.135. The molecular formula is C42H61ClN4O4S. The number of rotatable bonds is 20. The van der Waals surface area contributed by atoms with E-state index in [4.69, 9.17) is 16.3 Å². The van der Waals surface area contributed by atoms with E-state index in [9.17, 15) is 14.4 Å². The number of benzene rings is 2. The fourth-order valence-electron chi connectivity index (χ4n) is 5.62. The second kappa shape index (κ2) is 19.2. The monoisotopic (exact) mass is 752 g/mol. The number of nitrogens with zero attached hydrogens (tertiary/aromatic N) is 2. The Labute approximate surface area is 321 Å². The number of unbranched alkanes of at least 4 members (excludes halogenated alkanes) is 3. The Balaban J connectivity index is 1.68. The highest BCUT2D eigenvalue weighted by atomic mass is 35.5. The Kier molecular flexibility index (Phi) is 15.9. The molecule has 3 rings (SSSR count). The number of aromatic nitrogens is 2. The van der Waals surface area contributed by atoms with Crippen molar-refractivity contribution in [2.45, 2.75) is 143 Å². The van der Waals surface area contributed by atoms with Crippen molar-refractivity contribution in [3.05, 3.63) is 65.1 Å². The maximum atomic E-state index is 13.9. The molecule has 2 amide bonds. The van der Waals surface area contributed by atoms with Crippen LogP contribution in [0.2, 0.25) is 5.02 Å². The molecule has 3 aromatic rings. The largest absolute Gasteiger partial charge is 0.493 e. The molecule has 0 aliphatic rings. The van der Waals surface area contributed by atoms with E-state index >= 15 is 0 Å². The number of ether oxygens (including phenoxy) is 1. The maximum absolute atomic E-state index is 13.9. The zero-order valence-electron chi connectivity index (χ0n) is 33.1. The van der Waals surface area contributed by atoms with Gasteiger partial charge < -0.3 is 19.9 Å². The Morgan fingerprint density at radius 2 is 1.60 bits per heavy atom. The minimum absolute atomic E-state index is 0.0534. The maximum Gasteiger partial charge on any atom is 0.255 e. The van der Waals surface area contributed by atoms with E-state index in [1.54, 1.807) is 61.5 Å². The molecule has 0 aliphatic heterocycles. The number of thioether (sulfide) groups is 1. The highest BCUT2D eigenvalue weighted by Crippen LogP contribution is 2.39. The lowest BCUT2D eigenvalue weighted by atomic mass is 9.76. The second-order valence-corrected chi connectivity index (χ2v) is 17.5. The molecule has 8 nitrogen and oxygen atoms in total. The van der Waals surface area contributed by atoms with Gasteiger partial charge in [-0.05, 0) is 72.1 Å². The van der Waals surface area contributed by atoms with Crippen LogP contribution in [0.1, 0.15) is 138 Å². The molecule has 286 valence electrons. The van der Waals surface area contributed by atoms with Gasteiger partial charge in [0.2, 0.25) is 5.91 Å². The molecule has 0 saturated heterocycles. The van der Waals surface area contributed by atoms with Crippen LogP contribution in [-0.2, 0) is 25.2 Å². The summed E-state index contributed by atoms with van der Waals surface area (Å²) in [6.45, 7) is 21.4. The van der Waals surface area contributed by atoms with Gasteiger partial charge in [0.15, 0.2) is 11.8 Å². The summed E-state index contributed by atoms with van der Waals surface area (Å²) >= 11 is 8.12. The lowest BCUT2D eigenvalue weighted by Crippen LogP contribution is -2.38. The Morgan fingerprint density at radius 1 is 0.885 bits per heavy atom. The third kappa shape index (κ3) is 11.9. The highest BCUT2D eigenvalue weighted by Gasteiger charge is 2.37. The van der Waals surface area contributed by atoms with Gasteiger partial charge in [0.1, 0.15) is 5.75 Å². The molecule has 0 fully saturated rings. The van der Waals surface area contributed by atoms with Gasteiger partial charge in [-0.3, -0.25) is 14.4 Å². The fraction of sp³-hybridized carbons (Fsp3) is 0.571. The van der Waals surface area contributed by atoms with E-state index in [2.05, 4.69) is 82.3 Å². The summed E-state index contributed by atoms with van der Waals surface area (Å²) in [6, 6.07) is 10.3. The zero-order chi connectivity index (χ0) is 38.7. The molecule has 0 radical (unpaired) electrons. The van der Waals surface area contributed by atoms with Gasteiger partial charge in [-0.25, -0.2) is 4.98 Å². The van der Waals surface area contributed by atoms with Crippen LogP contribution in [0.25, 0.3) is 0 Å². The summed E-state index contributed by atoms with van der Waals surface area (Å²) in [7, 11) is 0. The molecule has 1 atom stereocenters. The number of carbonyl (C=O) groups excluding carboxylic acids is 3. The molecule has 0 spiro atoms. The highest BCUT2D eigenvalue weighted by molar-refractivity contribution is 7.99. The van der Waals surface area contributed by atoms with Crippen LogP contribution < -0.4 is 15.4 Å². The van der Waals surface area contributed by atoms with Crippen LogP contribution in [0, 0.1) is 5.41 Å². The van der Waals surface area contributed by atoms with Crippen molar-refractivity contribution in [2.75, 3.05) is 23.0 Å². The molecule has 10 heteroatoms. The van der Waals surface area contributed by atoms with Gasteiger partial charge in [-0.2, -0.15) is 0 Å². The predicted molar refractivity (Wildman–Crippen MR) is 217 cm³/mol. The summed E-state index contributed by atoms with van der Waals surface area (Å²) < 4.78 is 7.92. The van der Waals surface area contributed by atoms with Gasteiger partial charge in [0.25, 0.3) is 5.91 Å². The van der Waals surface area contributed by atoms with Crippen molar-refractivity contribution < 1.29 is 19.1 Å². The minimum Gasteiger partial charge on any atom is -0.493 e. The van der Waals surface area contributed by atoms with Crippen molar-refractivity contribution in [1.82, 2.24) is 9.55 Å². The zero-order valence-corrected chi connectivity index (χ0v) is 34.7. The number of ketones is 1. The van der Waals surface area contributed by atoms with E-state index in [1.807, 2.05) is 0 Å². The molecule has 1 unspecified atom stereocenters. The van der Waals surface area contributed by atoms with Crippen molar-refractivity contribution in [3.63, 3.8) is 0 Å². The van der Waals surface area contributed by atoms with Crippen molar-refractivity contribution in [1.29, 1.82) is 0 Å². The number of amides is 2. The number of nitrogens with one attached hydrogen (secondary N) is 2. The predicted octanol–water partition coefficient (Wildman–Crippen LogP) is 11.2.